The number of benzene rings is 1. The molecule has 3 heterocycles. The number of hydrogen-bond donors (Lipinski definition) is 6. The van der Waals surface area contributed by atoms with Crippen molar-refractivity contribution in [2.75, 3.05) is 14.2 Å². The molecule has 6 unspecified atom stereocenters. The highest BCUT2D eigenvalue weighted by Gasteiger charge is 2.47. The Balaban J connectivity index is 1.26. The number of para-hydroxylation sites is 1. The fourth-order valence-electron chi connectivity index (χ4n) is 7.38. The number of methoxy groups -OCH3 is 1. The van der Waals surface area contributed by atoms with E-state index < -0.39 is 83.7 Å². The van der Waals surface area contributed by atoms with Crippen molar-refractivity contribution in [3.63, 3.8) is 0 Å². The van der Waals surface area contributed by atoms with Crippen LogP contribution in [0.25, 0.3) is 10.9 Å². The summed E-state index contributed by atoms with van der Waals surface area (Å²) in [7, 11) is 2.81. The summed E-state index contributed by atoms with van der Waals surface area (Å²) in [5.41, 5.74) is 2.00. The average molecular weight is 936 g/mol. The fraction of sp³-hybridized carbons (Fsp3) is 0.360. The van der Waals surface area contributed by atoms with Gasteiger partial charge in [0.1, 0.15) is 17.8 Å². The van der Waals surface area contributed by atoms with Gasteiger partial charge < -0.3 is 45.7 Å². The van der Waals surface area contributed by atoms with E-state index in [0.29, 0.717) is 19.3 Å². The minimum absolute atomic E-state index is 0.112. The number of carbonyl (C=O) groups excluding carboxylic acids is 8. The molecule has 0 spiro atoms. The third-order valence-electron chi connectivity index (χ3n) is 11.1. The van der Waals surface area contributed by atoms with E-state index >= 15 is 0 Å². The maximum atomic E-state index is 14.2. The van der Waals surface area contributed by atoms with Crippen molar-refractivity contribution in [1.82, 2.24) is 36.1 Å². The van der Waals surface area contributed by atoms with Crippen molar-refractivity contribution in [1.29, 1.82) is 0 Å². The Morgan fingerprint density at radius 3 is 2.40 bits per heavy atom. The minimum atomic E-state index is -1.48. The number of aliphatic hydroxyl groups excluding tert-OH is 1. The molecule has 6 atom stereocenters. The van der Waals surface area contributed by atoms with Crippen molar-refractivity contribution in [3.05, 3.63) is 132 Å². The van der Waals surface area contributed by atoms with Crippen LogP contribution in [0.15, 0.2) is 126 Å². The predicted molar refractivity (Wildman–Crippen MR) is 254 cm³/mol. The smallest absolute Gasteiger partial charge is 0.331 e. The Morgan fingerprint density at radius 1 is 0.985 bits per heavy atom. The standard InChI is InChI=1S/C50H61N7O11/c1-9-11-15-23-41(58)52-31(4)25-30(3)45(61)55-47(63)40-26-34(27-43(60)68-40)20-16-13-12-14-17-24-42(59)53-32(5)46(62)54-44(33(6)67-8)50(66)57-38(10-2)48(64)56(7)39(49(57)65)28-35-29-51-37-22-19-18-21-36(35)37/h9-12,14-15,17-19,21-25,27,29,31,33,39-40,44,47,51,63H,5,13,16,20,26,28H2,1-4,6-8H3,(H,52,58)(H,53,59)(H,54,62)(H,55,61). The molecule has 1 aromatic carbocycles. The van der Waals surface area contributed by atoms with Crippen LogP contribution in [0.3, 0.4) is 0 Å². The summed E-state index contributed by atoms with van der Waals surface area (Å²) in [6, 6.07) is 4.51. The van der Waals surface area contributed by atoms with Crippen molar-refractivity contribution >= 4 is 58.2 Å². The lowest BCUT2D eigenvalue weighted by atomic mass is 9.98. The Labute approximate surface area is 395 Å². The topological polar surface area (TPSA) is 246 Å². The molecule has 18 nitrogen and oxygen atoms in total. The quantitative estimate of drug-likeness (QED) is 0.0348. The number of ether oxygens (including phenoxy) is 2. The number of allylic oxidation sites excluding steroid dienone is 7. The molecular formula is C50H61N7O11. The normalized spacial score (nSPS) is 19.4. The summed E-state index contributed by atoms with van der Waals surface area (Å²) in [6.45, 7) is 11.7. The number of hydrogen-bond acceptors (Lipinski definition) is 11. The molecule has 2 aliphatic heterocycles. The summed E-state index contributed by atoms with van der Waals surface area (Å²) in [6.07, 6.45) is 16.9. The highest BCUT2D eigenvalue weighted by atomic mass is 16.6. The van der Waals surface area contributed by atoms with Gasteiger partial charge in [-0.3, -0.25) is 33.6 Å². The largest absolute Gasteiger partial charge is 0.454 e. The number of imide groups is 1. The molecule has 1 saturated heterocycles. The van der Waals surface area contributed by atoms with Gasteiger partial charge in [0.25, 0.3) is 23.6 Å². The van der Waals surface area contributed by atoms with E-state index in [1.807, 2.05) is 31.2 Å². The van der Waals surface area contributed by atoms with Crippen LogP contribution < -0.4 is 21.3 Å². The van der Waals surface area contributed by atoms with E-state index in [0.717, 1.165) is 33.0 Å². The SMILES string of the molecule is C=C(NC(=O)C=CC=CCCCC1=CC(=O)OC(C(O)NC(=O)C(C)=CC(C)NC(=O)C=CC=CC)C1)C(=O)NC(C(=O)N1C(=O)C(Cc2c[nH]c3ccccc23)N(C)C(=O)C1=CC)C(C)OC. The third kappa shape index (κ3) is 14.5. The first-order valence-electron chi connectivity index (χ1n) is 22.1. The Kier molecular flexibility index (Phi) is 19.9. The average Bonchev–Trinajstić information content (AvgIpc) is 3.72. The predicted octanol–water partition coefficient (Wildman–Crippen LogP) is 3.50. The van der Waals surface area contributed by atoms with Gasteiger partial charge in [-0.2, -0.15) is 0 Å². The summed E-state index contributed by atoms with van der Waals surface area (Å²) in [5.74, 6) is -5.36. The van der Waals surface area contributed by atoms with Crippen LogP contribution in [0.4, 0.5) is 0 Å². The van der Waals surface area contributed by atoms with Crippen molar-refractivity contribution in [2.24, 2.45) is 0 Å². The van der Waals surface area contributed by atoms with Crippen LogP contribution in [0, 0.1) is 0 Å². The maximum absolute atomic E-state index is 14.2. The van der Waals surface area contributed by atoms with Crippen LogP contribution in [0.5, 0.6) is 0 Å². The Bertz CT molecular complexity index is 2470. The molecule has 0 bridgehead atoms. The van der Waals surface area contributed by atoms with Gasteiger partial charge in [-0.1, -0.05) is 79.0 Å². The summed E-state index contributed by atoms with van der Waals surface area (Å²) >= 11 is 0. The Hall–Kier alpha value is -7.44. The van der Waals surface area contributed by atoms with E-state index in [1.165, 1.54) is 70.2 Å². The number of nitrogens with zero attached hydrogens (tertiary/aromatic N) is 2. The second kappa shape index (κ2) is 25.5. The fourth-order valence-corrected chi connectivity index (χ4v) is 7.38. The number of fused-ring (bicyclic) bond motifs is 1. The molecule has 68 heavy (non-hydrogen) atoms. The third-order valence-corrected chi connectivity index (χ3v) is 11.1. The van der Waals surface area contributed by atoms with Crippen LogP contribution >= 0.6 is 0 Å². The molecule has 1 fully saturated rings. The molecule has 18 heteroatoms. The maximum Gasteiger partial charge on any atom is 0.331 e. The summed E-state index contributed by atoms with van der Waals surface area (Å²) < 4.78 is 10.7. The van der Waals surface area contributed by atoms with Gasteiger partial charge in [0.15, 0.2) is 12.3 Å². The number of H-pyrrole nitrogens is 1. The molecule has 0 saturated carbocycles. The van der Waals surface area contributed by atoms with Crippen LogP contribution in [-0.4, -0.2) is 118 Å². The molecule has 362 valence electrons. The molecule has 4 rings (SSSR count). The first-order chi connectivity index (χ1) is 32.4. The van der Waals surface area contributed by atoms with Gasteiger partial charge in [0.2, 0.25) is 17.7 Å². The number of esters is 1. The van der Waals surface area contributed by atoms with E-state index in [9.17, 15) is 43.5 Å². The number of cyclic esters (lactones) is 1. The molecule has 2 aromatic rings. The number of rotatable bonds is 21. The molecule has 2 aliphatic rings. The second-order valence-electron chi connectivity index (χ2n) is 16.2. The van der Waals surface area contributed by atoms with Gasteiger partial charge in [-0.25, -0.2) is 9.69 Å². The molecule has 6 N–H and O–H groups in total. The summed E-state index contributed by atoms with van der Waals surface area (Å²) in [5, 5.41) is 21.6. The zero-order chi connectivity index (χ0) is 50.1. The van der Waals surface area contributed by atoms with Gasteiger partial charge in [-0.05, 0) is 65.5 Å². The van der Waals surface area contributed by atoms with E-state index in [4.69, 9.17) is 9.47 Å². The summed E-state index contributed by atoms with van der Waals surface area (Å²) in [4.78, 5) is 110. The van der Waals surface area contributed by atoms with Gasteiger partial charge in [0.05, 0.1) is 11.8 Å². The zero-order valence-corrected chi connectivity index (χ0v) is 39.4. The number of aromatic amines is 1. The van der Waals surface area contributed by atoms with Crippen molar-refractivity contribution in [2.45, 2.75) is 103 Å². The molecule has 1 aromatic heterocycles. The van der Waals surface area contributed by atoms with Gasteiger partial charge in [0, 0.05) is 73.9 Å². The number of unbranched alkanes of at least 4 members (excludes halogenated alkanes) is 1. The number of aliphatic hydroxyl groups is 1. The number of piperazine rings is 1. The van der Waals surface area contributed by atoms with E-state index in [2.05, 4.69) is 32.8 Å². The van der Waals surface area contributed by atoms with Crippen molar-refractivity contribution in [3.8, 4) is 0 Å². The number of nitrogens with one attached hydrogen (secondary N) is 5. The monoisotopic (exact) mass is 935 g/mol. The van der Waals surface area contributed by atoms with Gasteiger partial charge >= 0.3 is 5.97 Å². The molecule has 0 radical (unpaired) electrons. The number of aromatic nitrogens is 1. The lowest BCUT2D eigenvalue weighted by Gasteiger charge is -2.40. The first-order valence-corrected chi connectivity index (χ1v) is 22.1. The molecule has 7 amide bonds. The second-order valence-corrected chi connectivity index (χ2v) is 16.2. The van der Waals surface area contributed by atoms with Crippen molar-refractivity contribution < 1.29 is 52.9 Å². The lowest BCUT2D eigenvalue weighted by molar-refractivity contribution is -0.158. The highest BCUT2D eigenvalue weighted by Crippen LogP contribution is 2.27. The zero-order valence-electron chi connectivity index (χ0n) is 39.4. The first kappa shape index (κ1) is 53.2. The molecule has 0 aliphatic carbocycles. The van der Waals surface area contributed by atoms with E-state index in [-0.39, 0.29) is 30.0 Å². The minimum Gasteiger partial charge on any atom is -0.454 e. The number of likely N-dealkylation sites (N-methyl/N-ethyl adjacent to an activating group) is 1. The van der Waals surface area contributed by atoms with Crippen LogP contribution in [0.2, 0.25) is 0 Å². The Morgan fingerprint density at radius 2 is 1.69 bits per heavy atom. The van der Waals surface area contributed by atoms with Crippen LogP contribution in [-0.2, 0) is 54.3 Å². The van der Waals surface area contributed by atoms with Crippen LogP contribution in [0.1, 0.15) is 65.9 Å². The lowest BCUT2D eigenvalue weighted by Crippen LogP contribution is -2.64. The number of carbonyl (C=O) groups is 8. The van der Waals surface area contributed by atoms with E-state index in [1.54, 1.807) is 43.5 Å². The number of amides is 7. The molecular weight excluding hydrogens is 875 g/mol. The van der Waals surface area contributed by atoms with Gasteiger partial charge in [-0.15, -0.1) is 0 Å². The highest BCUT2D eigenvalue weighted by molar-refractivity contribution is 6.14.